The second kappa shape index (κ2) is 10.00. The molecule has 1 aliphatic rings. The molecule has 31 heavy (non-hydrogen) atoms. The maximum absolute atomic E-state index is 11.9. The minimum Gasteiger partial charge on any atom is -0.480 e. The predicted molar refractivity (Wildman–Crippen MR) is 115 cm³/mol. The Kier molecular flexibility index (Phi) is 7.67. The van der Waals surface area contributed by atoms with E-state index in [1.165, 1.54) is 0 Å². The maximum Gasteiger partial charge on any atom is 0.325 e. The van der Waals surface area contributed by atoms with Crippen molar-refractivity contribution in [2.24, 2.45) is 0 Å². The molecule has 0 aromatic heterocycles. The molecule has 0 saturated carbocycles. The number of aliphatic carboxylic acids is 1. The number of carbonyl (C=O) groups excluding carboxylic acids is 2. The number of amides is 3. The molecule has 1 saturated heterocycles. The number of carbonyl (C=O) groups is 3. The van der Waals surface area contributed by atoms with E-state index in [2.05, 4.69) is 34.4 Å². The van der Waals surface area contributed by atoms with Gasteiger partial charge in [-0.3, -0.25) is 19.8 Å². The maximum atomic E-state index is 11.9. The van der Waals surface area contributed by atoms with E-state index in [1.54, 1.807) is 36.2 Å². The summed E-state index contributed by atoms with van der Waals surface area (Å²) in [4.78, 5) is 36.2. The van der Waals surface area contributed by atoms with E-state index in [9.17, 15) is 19.5 Å². The van der Waals surface area contributed by atoms with Crippen molar-refractivity contribution < 1.29 is 24.2 Å². The summed E-state index contributed by atoms with van der Waals surface area (Å²) in [5.41, 5.74) is 0.830. The highest BCUT2D eigenvalue weighted by Crippen LogP contribution is 2.20. The lowest BCUT2D eigenvalue weighted by Gasteiger charge is -2.27. The normalized spacial score (nSPS) is 16.6. The quantitative estimate of drug-likeness (QED) is 0.279. The molecule has 0 radical (unpaired) electrons. The molecule has 4 N–H and O–H groups in total. The van der Waals surface area contributed by atoms with Crippen molar-refractivity contribution in [2.75, 3.05) is 20.1 Å². The van der Waals surface area contributed by atoms with Crippen LogP contribution >= 0.6 is 0 Å². The first kappa shape index (κ1) is 23.8. The van der Waals surface area contributed by atoms with Crippen molar-refractivity contribution in [1.29, 1.82) is 0 Å². The van der Waals surface area contributed by atoms with E-state index >= 15 is 0 Å². The van der Waals surface area contributed by atoms with E-state index in [0.29, 0.717) is 30.1 Å². The Morgan fingerprint density at radius 1 is 1.32 bits per heavy atom. The molecule has 1 heterocycles. The van der Waals surface area contributed by atoms with Crippen molar-refractivity contribution in [3.8, 4) is 11.8 Å². The third kappa shape index (κ3) is 7.35. The molecule has 2 atom stereocenters. The standard InChI is InChI=1S/C22H28N4O5/c1-14(31-22(2,3)4)23-12-13-26(5)18(20(28)29)16-9-6-15(7-10-16)8-11-17-19(27)25-21(30)24-17/h6-7,9-10,17-18,23H,1,12-13H2,2-5H3,(H,28,29)(H2,24,25,27,30). The first-order valence-electron chi connectivity index (χ1n) is 9.74. The molecule has 2 rings (SSSR count). The number of ether oxygens (including phenoxy) is 1. The molecule has 0 aliphatic carbocycles. The molecule has 0 bridgehead atoms. The Morgan fingerprint density at radius 3 is 2.48 bits per heavy atom. The number of imide groups is 1. The van der Waals surface area contributed by atoms with Crippen molar-refractivity contribution in [3.63, 3.8) is 0 Å². The number of hydrogen-bond donors (Lipinski definition) is 4. The molecule has 9 nitrogen and oxygen atoms in total. The molecule has 166 valence electrons. The third-order valence-corrected chi connectivity index (χ3v) is 4.25. The first-order chi connectivity index (χ1) is 14.5. The number of nitrogens with zero attached hydrogens (tertiary/aromatic N) is 1. The second-order valence-corrected chi connectivity index (χ2v) is 8.07. The van der Waals surface area contributed by atoms with Crippen LogP contribution in [0.5, 0.6) is 0 Å². The molecular weight excluding hydrogens is 400 g/mol. The lowest BCUT2D eigenvalue weighted by atomic mass is 10.0. The van der Waals surface area contributed by atoms with E-state index in [1.807, 2.05) is 20.8 Å². The molecule has 9 heteroatoms. The number of carboxylic acids is 1. The van der Waals surface area contributed by atoms with Gasteiger partial charge in [-0.05, 0) is 52.1 Å². The fourth-order valence-electron chi connectivity index (χ4n) is 2.91. The summed E-state index contributed by atoms with van der Waals surface area (Å²) >= 11 is 0. The van der Waals surface area contributed by atoms with Gasteiger partial charge in [0.05, 0.1) is 0 Å². The number of rotatable bonds is 8. The molecule has 1 fully saturated rings. The van der Waals surface area contributed by atoms with Crippen molar-refractivity contribution in [2.45, 2.75) is 38.5 Å². The van der Waals surface area contributed by atoms with Gasteiger partial charge in [-0.25, -0.2) is 4.79 Å². The van der Waals surface area contributed by atoms with Crippen molar-refractivity contribution >= 4 is 17.9 Å². The molecule has 2 unspecified atom stereocenters. The summed E-state index contributed by atoms with van der Waals surface area (Å²) in [7, 11) is 1.73. The Balaban J connectivity index is 1.98. The van der Waals surface area contributed by atoms with Crippen LogP contribution in [0, 0.1) is 11.8 Å². The summed E-state index contributed by atoms with van der Waals surface area (Å²) < 4.78 is 5.60. The summed E-state index contributed by atoms with van der Waals surface area (Å²) in [5, 5.41) is 17.3. The van der Waals surface area contributed by atoms with Gasteiger partial charge in [0.25, 0.3) is 5.91 Å². The Morgan fingerprint density at radius 2 is 1.97 bits per heavy atom. The molecular formula is C22H28N4O5. The summed E-state index contributed by atoms with van der Waals surface area (Å²) in [6.07, 6.45) is 0. The van der Waals surface area contributed by atoms with Crippen LogP contribution in [0.4, 0.5) is 4.79 Å². The van der Waals surface area contributed by atoms with Gasteiger partial charge in [-0.15, -0.1) is 0 Å². The van der Waals surface area contributed by atoms with Gasteiger partial charge in [-0.2, -0.15) is 0 Å². The first-order valence-corrected chi connectivity index (χ1v) is 9.74. The highest BCUT2D eigenvalue weighted by Gasteiger charge is 2.27. The lowest BCUT2D eigenvalue weighted by Crippen LogP contribution is -2.36. The zero-order chi connectivity index (χ0) is 23.2. The summed E-state index contributed by atoms with van der Waals surface area (Å²) in [6.45, 7) is 10.5. The molecule has 3 amide bonds. The monoisotopic (exact) mass is 428 g/mol. The number of benzene rings is 1. The zero-order valence-electron chi connectivity index (χ0n) is 18.1. The van der Waals surface area contributed by atoms with Crippen LogP contribution in [0.3, 0.4) is 0 Å². The van der Waals surface area contributed by atoms with Crippen LogP contribution in [0.15, 0.2) is 36.7 Å². The topological polar surface area (TPSA) is 120 Å². The average molecular weight is 428 g/mol. The van der Waals surface area contributed by atoms with Crippen LogP contribution in [0.2, 0.25) is 0 Å². The van der Waals surface area contributed by atoms with Crippen molar-refractivity contribution in [1.82, 2.24) is 20.9 Å². The van der Waals surface area contributed by atoms with Crippen LogP contribution in [-0.2, 0) is 14.3 Å². The number of likely N-dealkylation sites (N-methyl/N-ethyl adjacent to an activating group) is 1. The van der Waals surface area contributed by atoms with Crippen LogP contribution in [0.1, 0.15) is 37.9 Å². The Labute approximate surface area is 181 Å². The van der Waals surface area contributed by atoms with E-state index in [4.69, 9.17) is 4.74 Å². The zero-order valence-corrected chi connectivity index (χ0v) is 18.1. The molecule has 0 spiro atoms. The van der Waals surface area contributed by atoms with Gasteiger partial charge in [0.1, 0.15) is 11.6 Å². The molecule has 1 aromatic rings. The van der Waals surface area contributed by atoms with Gasteiger partial charge < -0.3 is 20.5 Å². The number of nitrogens with one attached hydrogen (secondary N) is 3. The minimum atomic E-state index is -0.976. The van der Waals surface area contributed by atoms with Gasteiger partial charge in [0.2, 0.25) is 0 Å². The summed E-state index contributed by atoms with van der Waals surface area (Å²) in [6, 6.07) is 4.41. The largest absolute Gasteiger partial charge is 0.480 e. The highest BCUT2D eigenvalue weighted by atomic mass is 16.5. The van der Waals surface area contributed by atoms with Crippen LogP contribution < -0.4 is 16.0 Å². The van der Waals surface area contributed by atoms with Crippen LogP contribution in [-0.4, -0.2) is 59.7 Å². The van der Waals surface area contributed by atoms with Gasteiger partial charge >= 0.3 is 12.0 Å². The Bertz CT molecular complexity index is 909. The number of urea groups is 1. The fourth-order valence-corrected chi connectivity index (χ4v) is 2.91. The van der Waals surface area contributed by atoms with Gasteiger partial charge in [-0.1, -0.05) is 24.0 Å². The van der Waals surface area contributed by atoms with Crippen LogP contribution in [0.25, 0.3) is 0 Å². The molecule has 1 aromatic carbocycles. The lowest BCUT2D eigenvalue weighted by molar-refractivity contribution is -0.143. The highest BCUT2D eigenvalue weighted by molar-refractivity contribution is 6.05. The SMILES string of the molecule is C=C(NCCN(C)C(C(=O)O)c1ccc(C#CC2NC(=O)NC2=O)cc1)OC(C)(C)C. The van der Waals surface area contributed by atoms with Gasteiger partial charge in [0, 0.05) is 18.7 Å². The van der Waals surface area contributed by atoms with Crippen molar-refractivity contribution in [3.05, 3.63) is 47.9 Å². The fraction of sp³-hybridized carbons (Fsp3) is 0.409. The van der Waals surface area contributed by atoms with Gasteiger partial charge in [0.15, 0.2) is 11.9 Å². The smallest absolute Gasteiger partial charge is 0.325 e. The van der Waals surface area contributed by atoms with E-state index in [0.717, 1.165) is 0 Å². The number of carboxylic acid groups (broad SMARTS) is 1. The number of hydrogen-bond acceptors (Lipinski definition) is 6. The second-order valence-electron chi connectivity index (χ2n) is 8.07. The third-order valence-electron chi connectivity index (χ3n) is 4.25. The van der Waals surface area contributed by atoms with E-state index < -0.39 is 30.0 Å². The predicted octanol–water partition coefficient (Wildman–Crippen LogP) is 1.18. The summed E-state index contributed by atoms with van der Waals surface area (Å²) in [5.74, 6) is 4.45. The Hall–Kier alpha value is -3.51. The average Bonchev–Trinajstić information content (AvgIpc) is 2.96. The molecule has 1 aliphatic heterocycles. The minimum absolute atomic E-state index is 0.364. The van der Waals surface area contributed by atoms with E-state index in [-0.39, 0.29) is 5.60 Å².